The van der Waals surface area contributed by atoms with Crippen molar-refractivity contribution in [1.82, 2.24) is 0 Å². The quantitative estimate of drug-likeness (QED) is 0.163. The van der Waals surface area contributed by atoms with Gasteiger partial charge in [0.05, 0.1) is 0 Å². The number of halogens is 7. The van der Waals surface area contributed by atoms with Crippen LogP contribution in [0.5, 0.6) is 0 Å². The molecule has 0 fully saturated rings. The van der Waals surface area contributed by atoms with Crippen molar-refractivity contribution < 1.29 is 40.6 Å². The molecule has 9 heteroatoms. The van der Waals surface area contributed by atoms with E-state index in [-0.39, 0.29) is 11.6 Å². The van der Waals surface area contributed by atoms with Gasteiger partial charge in [-0.05, 0) is 32.3 Å². The van der Waals surface area contributed by atoms with Crippen LogP contribution < -0.4 is 0 Å². The molecule has 0 bridgehead atoms. The zero-order chi connectivity index (χ0) is 22.8. The minimum atomic E-state index is -6.65. The molecule has 0 saturated carbocycles. The number of allylic oxidation sites excluding steroid dienone is 1. The third kappa shape index (κ3) is 2.98. The maximum atomic E-state index is 13.6. The average molecular weight is 440 g/mol. The maximum Gasteiger partial charge on any atom is 0.460 e. The fourth-order valence-electron chi connectivity index (χ4n) is 3.58. The smallest absolute Gasteiger partial charge is 0.460 e. The number of carbonyl (C=O) groups excluding carboxylic acids is 1. The number of alkyl halides is 7. The summed E-state index contributed by atoms with van der Waals surface area (Å²) in [5.41, 5.74) is -0.162. The standard InChI is InChI=1S/C22H11F7O2/c23-20(24,21(25,26)22(27,28)29)17(31)10-16(30)14-8-6-13-5-4-11-2-1-3-12-7-9-15(14)19(13)18(11)12/h1-10,30H. The minimum absolute atomic E-state index is 0.162. The average Bonchev–Trinajstić information content (AvgIpc) is 2.70. The Bertz CT molecular complexity index is 1340. The van der Waals surface area contributed by atoms with Gasteiger partial charge in [-0.3, -0.25) is 4.79 Å². The van der Waals surface area contributed by atoms with Gasteiger partial charge in [0, 0.05) is 11.6 Å². The number of ketones is 1. The molecule has 160 valence electrons. The molecule has 0 aromatic heterocycles. The second-order valence-corrected chi connectivity index (χ2v) is 7.01. The Hall–Kier alpha value is -3.36. The maximum absolute atomic E-state index is 13.6. The van der Waals surface area contributed by atoms with Gasteiger partial charge in [0.25, 0.3) is 0 Å². The third-order valence-electron chi connectivity index (χ3n) is 5.13. The summed E-state index contributed by atoms with van der Waals surface area (Å²) in [5, 5.41) is 14.3. The van der Waals surface area contributed by atoms with Crippen LogP contribution in [0.4, 0.5) is 30.7 Å². The summed E-state index contributed by atoms with van der Waals surface area (Å²) in [4.78, 5) is 11.6. The van der Waals surface area contributed by atoms with Gasteiger partial charge in [0.1, 0.15) is 5.76 Å². The number of hydrogen-bond acceptors (Lipinski definition) is 2. The molecule has 0 spiro atoms. The van der Waals surface area contributed by atoms with Gasteiger partial charge in [-0.15, -0.1) is 0 Å². The summed E-state index contributed by atoms with van der Waals surface area (Å²) in [6.45, 7) is 0. The van der Waals surface area contributed by atoms with Gasteiger partial charge in [0.15, 0.2) is 0 Å². The van der Waals surface area contributed by atoms with Crippen LogP contribution in [0.2, 0.25) is 0 Å². The molecule has 4 aromatic rings. The summed E-state index contributed by atoms with van der Waals surface area (Å²) in [7, 11) is 0. The molecule has 0 heterocycles. The molecule has 4 rings (SSSR count). The van der Waals surface area contributed by atoms with E-state index in [9.17, 15) is 40.6 Å². The van der Waals surface area contributed by atoms with Gasteiger partial charge >= 0.3 is 18.0 Å². The number of aliphatic hydroxyl groups excluding tert-OH is 1. The summed E-state index contributed by atoms with van der Waals surface area (Å²) >= 11 is 0. The molecular formula is C22H11F7O2. The van der Waals surface area contributed by atoms with Crippen LogP contribution in [0.15, 0.2) is 60.7 Å². The van der Waals surface area contributed by atoms with E-state index in [0.717, 1.165) is 21.5 Å². The zero-order valence-corrected chi connectivity index (χ0v) is 15.3. The first-order valence-corrected chi connectivity index (χ1v) is 8.80. The highest BCUT2D eigenvalue weighted by Crippen LogP contribution is 2.47. The molecular weight excluding hydrogens is 429 g/mol. The van der Waals surface area contributed by atoms with Gasteiger partial charge in [-0.2, -0.15) is 30.7 Å². The predicted molar refractivity (Wildman–Crippen MR) is 102 cm³/mol. The number of hydrogen-bond donors (Lipinski definition) is 1. The largest absolute Gasteiger partial charge is 0.507 e. The van der Waals surface area contributed by atoms with Crippen LogP contribution in [0.1, 0.15) is 5.56 Å². The van der Waals surface area contributed by atoms with E-state index in [1.807, 2.05) is 24.3 Å². The van der Waals surface area contributed by atoms with Gasteiger partial charge in [-0.1, -0.05) is 54.6 Å². The topological polar surface area (TPSA) is 37.3 Å². The van der Waals surface area contributed by atoms with E-state index in [1.165, 1.54) is 18.2 Å². The fraction of sp³-hybridized carbons (Fsp3) is 0.136. The van der Waals surface area contributed by atoms with E-state index in [2.05, 4.69) is 0 Å². The second-order valence-electron chi connectivity index (χ2n) is 7.01. The van der Waals surface area contributed by atoms with E-state index in [1.54, 1.807) is 12.1 Å². The van der Waals surface area contributed by atoms with E-state index in [0.29, 0.717) is 10.8 Å². The Kier molecular flexibility index (Phi) is 4.43. The van der Waals surface area contributed by atoms with Crippen LogP contribution in [0, 0.1) is 0 Å². The summed E-state index contributed by atoms with van der Waals surface area (Å²) in [6.07, 6.45) is -6.95. The van der Waals surface area contributed by atoms with Crippen LogP contribution in [0.25, 0.3) is 38.1 Å². The monoisotopic (exact) mass is 440 g/mol. The summed E-state index contributed by atoms with van der Waals surface area (Å²) in [6, 6.07) is 15.1. The molecule has 31 heavy (non-hydrogen) atoms. The summed E-state index contributed by atoms with van der Waals surface area (Å²) < 4.78 is 90.5. The van der Waals surface area contributed by atoms with Crippen LogP contribution in [-0.2, 0) is 4.79 Å². The lowest BCUT2D eigenvalue weighted by Gasteiger charge is -2.26. The van der Waals surface area contributed by atoms with Crippen molar-refractivity contribution in [2.24, 2.45) is 0 Å². The number of benzene rings is 4. The molecule has 0 amide bonds. The molecule has 0 atom stereocenters. The van der Waals surface area contributed by atoms with Crippen LogP contribution in [-0.4, -0.2) is 28.9 Å². The van der Waals surface area contributed by atoms with Crippen molar-refractivity contribution in [1.29, 1.82) is 0 Å². The minimum Gasteiger partial charge on any atom is -0.507 e. The first-order chi connectivity index (χ1) is 14.4. The Morgan fingerprint density at radius 1 is 0.742 bits per heavy atom. The fourth-order valence-corrected chi connectivity index (χ4v) is 3.58. The molecule has 0 aliphatic carbocycles. The highest BCUT2D eigenvalue weighted by atomic mass is 19.4. The van der Waals surface area contributed by atoms with E-state index >= 15 is 0 Å². The lowest BCUT2D eigenvalue weighted by Crippen LogP contribution is -2.55. The van der Waals surface area contributed by atoms with E-state index in [4.69, 9.17) is 0 Å². The van der Waals surface area contributed by atoms with Gasteiger partial charge in [0.2, 0.25) is 5.78 Å². The lowest BCUT2D eigenvalue weighted by molar-refractivity contribution is -0.342. The second kappa shape index (κ2) is 6.57. The Morgan fingerprint density at radius 3 is 1.84 bits per heavy atom. The summed E-state index contributed by atoms with van der Waals surface area (Å²) in [5.74, 6) is -16.7. The molecule has 0 unspecified atom stereocenters. The zero-order valence-electron chi connectivity index (χ0n) is 15.3. The van der Waals surface area contributed by atoms with Crippen molar-refractivity contribution >= 4 is 43.9 Å². The van der Waals surface area contributed by atoms with Crippen molar-refractivity contribution in [2.45, 2.75) is 18.0 Å². The lowest BCUT2D eigenvalue weighted by atomic mass is 9.91. The highest BCUT2D eigenvalue weighted by Gasteiger charge is 2.75. The van der Waals surface area contributed by atoms with E-state index < -0.39 is 29.6 Å². The van der Waals surface area contributed by atoms with Crippen molar-refractivity contribution in [3.63, 3.8) is 0 Å². The molecule has 0 aliphatic heterocycles. The Balaban J connectivity index is 1.87. The first kappa shape index (κ1) is 20.9. The Labute approximate surface area is 169 Å². The van der Waals surface area contributed by atoms with Crippen LogP contribution >= 0.6 is 0 Å². The first-order valence-electron chi connectivity index (χ1n) is 8.80. The number of carbonyl (C=O) groups is 1. The SMILES string of the molecule is O=C(C=C(O)c1ccc2ccc3cccc4ccc1c2c34)C(F)(F)C(F)(F)C(F)(F)F. The number of rotatable bonds is 4. The molecule has 0 radical (unpaired) electrons. The Morgan fingerprint density at radius 2 is 1.26 bits per heavy atom. The number of aliphatic hydroxyl groups is 1. The predicted octanol–water partition coefficient (Wildman–Crippen LogP) is 6.88. The normalized spacial score (nSPS) is 14.1. The highest BCUT2D eigenvalue weighted by molar-refractivity contribution is 6.24. The van der Waals surface area contributed by atoms with Crippen LogP contribution in [0.3, 0.4) is 0 Å². The van der Waals surface area contributed by atoms with Gasteiger partial charge < -0.3 is 5.11 Å². The molecule has 0 aliphatic rings. The van der Waals surface area contributed by atoms with Crippen molar-refractivity contribution in [2.75, 3.05) is 0 Å². The molecule has 0 saturated heterocycles. The van der Waals surface area contributed by atoms with Gasteiger partial charge in [-0.25, -0.2) is 0 Å². The third-order valence-corrected chi connectivity index (χ3v) is 5.13. The molecule has 2 nitrogen and oxygen atoms in total. The van der Waals surface area contributed by atoms with Crippen molar-refractivity contribution in [3.05, 3.63) is 66.2 Å². The molecule has 4 aromatic carbocycles. The molecule has 1 N–H and O–H groups in total. The van der Waals surface area contributed by atoms with Crippen molar-refractivity contribution in [3.8, 4) is 0 Å².